The fraction of sp³-hybridized carbons (Fsp3) is 1.00. The van der Waals surface area contributed by atoms with Crippen LogP contribution in [-0.2, 0) is 4.74 Å². The maximum Gasteiger partial charge on any atom is 0.0472 e. The molecule has 1 aliphatic heterocycles. The summed E-state index contributed by atoms with van der Waals surface area (Å²) < 4.78 is 5.50. The van der Waals surface area contributed by atoms with E-state index in [1.807, 2.05) is 0 Å². The van der Waals surface area contributed by atoms with Crippen LogP contribution in [0.2, 0.25) is 0 Å². The Morgan fingerprint density at radius 1 is 1.22 bits per heavy atom. The van der Waals surface area contributed by atoms with Crippen LogP contribution in [0.1, 0.15) is 45.4 Å². The van der Waals surface area contributed by atoms with Crippen LogP contribution in [0, 0.1) is 11.3 Å². The van der Waals surface area contributed by atoms with Crippen molar-refractivity contribution in [3.63, 3.8) is 0 Å². The number of hydrogen-bond acceptors (Lipinski definition) is 3. The zero-order chi connectivity index (χ0) is 13.0. The van der Waals surface area contributed by atoms with Gasteiger partial charge in [0.2, 0.25) is 0 Å². The summed E-state index contributed by atoms with van der Waals surface area (Å²) in [5, 5.41) is 0. The lowest BCUT2D eigenvalue weighted by atomic mass is 9.78. The molecular formula is C15H30N2O. The van der Waals surface area contributed by atoms with Crippen molar-refractivity contribution in [3.05, 3.63) is 0 Å². The topological polar surface area (TPSA) is 38.5 Å². The molecule has 0 aromatic heterocycles. The standard InChI is InChI=1S/C15H30N2O/c1-13-5-3-4-6-14(13)17(2)12-15(11-16)7-9-18-10-8-15/h13-14H,3-12,16H2,1-2H3. The van der Waals surface area contributed by atoms with E-state index >= 15 is 0 Å². The molecular weight excluding hydrogens is 224 g/mol. The highest BCUT2D eigenvalue weighted by Crippen LogP contribution is 2.34. The van der Waals surface area contributed by atoms with Gasteiger partial charge in [-0.25, -0.2) is 0 Å². The first kappa shape index (κ1) is 14.3. The molecule has 0 aromatic rings. The second kappa shape index (κ2) is 6.36. The molecule has 0 amide bonds. The molecule has 1 saturated carbocycles. The second-order valence-corrected chi connectivity index (χ2v) is 6.56. The van der Waals surface area contributed by atoms with E-state index in [1.54, 1.807) is 0 Å². The van der Waals surface area contributed by atoms with Gasteiger partial charge in [-0.3, -0.25) is 0 Å². The van der Waals surface area contributed by atoms with Crippen molar-refractivity contribution in [2.75, 3.05) is 33.4 Å². The minimum atomic E-state index is 0.310. The third-order valence-corrected chi connectivity index (χ3v) is 5.20. The molecule has 106 valence electrons. The zero-order valence-electron chi connectivity index (χ0n) is 12.2. The van der Waals surface area contributed by atoms with Gasteiger partial charge in [0.05, 0.1) is 0 Å². The lowest BCUT2D eigenvalue weighted by molar-refractivity contribution is -0.00999. The minimum absolute atomic E-state index is 0.310. The first-order chi connectivity index (χ1) is 8.67. The van der Waals surface area contributed by atoms with Crippen LogP contribution in [0.3, 0.4) is 0 Å². The van der Waals surface area contributed by atoms with Gasteiger partial charge >= 0.3 is 0 Å². The molecule has 2 unspecified atom stereocenters. The van der Waals surface area contributed by atoms with Crippen LogP contribution in [0.15, 0.2) is 0 Å². The molecule has 2 fully saturated rings. The van der Waals surface area contributed by atoms with Gasteiger partial charge in [-0.1, -0.05) is 19.8 Å². The van der Waals surface area contributed by atoms with E-state index < -0.39 is 0 Å². The summed E-state index contributed by atoms with van der Waals surface area (Å²) in [6.07, 6.45) is 7.85. The van der Waals surface area contributed by atoms with Gasteiger partial charge in [-0.05, 0) is 50.6 Å². The molecule has 1 heterocycles. The third-order valence-electron chi connectivity index (χ3n) is 5.20. The second-order valence-electron chi connectivity index (χ2n) is 6.56. The van der Waals surface area contributed by atoms with Crippen molar-refractivity contribution >= 4 is 0 Å². The van der Waals surface area contributed by atoms with Crippen molar-refractivity contribution < 1.29 is 4.74 Å². The minimum Gasteiger partial charge on any atom is -0.381 e. The number of hydrogen-bond donors (Lipinski definition) is 1. The lowest BCUT2D eigenvalue weighted by Crippen LogP contribution is -2.49. The van der Waals surface area contributed by atoms with E-state index in [4.69, 9.17) is 10.5 Å². The predicted molar refractivity (Wildman–Crippen MR) is 75.6 cm³/mol. The summed E-state index contributed by atoms with van der Waals surface area (Å²) in [5.41, 5.74) is 6.38. The monoisotopic (exact) mass is 254 g/mol. The largest absolute Gasteiger partial charge is 0.381 e. The van der Waals surface area contributed by atoms with Crippen molar-refractivity contribution in [2.24, 2.45) is 17.1 Å². The van der Waals surface area contributed by atoms with Crippen LogP contribution >= 0.6 is 0 Å². The molecule has 2 N–H and O–H groups in total. The van der Waals surface area contributed by atoms with Crippen LogP contribution < -0.4 is 5.73 Å². The SMILES string of the molecule is CC1CCCCC1N(C)CC1(CN)CCOCC1. The smallest absolute Gasteiger partial charge is 0.0472 e. The summed E-state index contributed by atoms with van der Waals surface area (Å²) in [7, 11) is 2.30. The molecule has 2 atom stereocenters. The molecule has 18 heavy (non-hydrogen) atoms. The normalized spacial score (nSPS) is 32.7. The number of nitrogens with zero attached hydrogens (tertiary/aromatic N) is 1. The number of rotatable bonds is 4. The van der Waals surface area contributed by atoms with Gasteiger partial charge in [0.1, 0.15) is 0 Å². The highest BCUT2D eigenvalue weighted by molar-refractivity contribution is 4.89. The molecule has 1 saturated heterocycles. The van der Waals surface area contributed by atoms with Crippen molar-refractivity contribution in [1.29, 1.82) is 0 Å². The lowest BCUT2D eigenvalue weighted by Gasteiger charge is -2.44. The Morgan fingerprint density at radius 2 is 1.89 bits per heavy atom. The van der Waals surface area contributed by atoms with Gasteiger partial charge in [0.25, 0.3) is 0 Å². The predicted octanol–water partition coefficient (Wildman–Crippen LogP) is 2.25. The summed E-state index contributed by atoms with van der Waals surface area (Å²) in [6, 6.07) is 0.769. The zero-order valence-corrected chi connectivity index (χ0v) is 12.2. The van der Waals surface area contributed by atoms with Crippen molar-refractivity contribution in [3.8, 4) is 0 Å². The number of nitrogens with two attached hydrogens (primary N) is 1. The molecule has 3 heteroatoms. The molecule has 2 rings (SSSR count). The molecule has 1 aliphatic carbocycles. The van der Waals surface area contributed by atoms with Crippen LogP contribution in [-0.4, -0.2) is 44.3 Å². The Hall–Kier alpha value is -0.120. The van der Waals surface area contributed by atoms with Gasteiger partial charge < -0.3 is 15.4 Å². The van der Waals surface area contributed by atoms with Crippen LogP contribution in [0.4, 0.5) is 0 Å². The number of ether oxygens (including phenoxy) is 1. The first-order valence-electron chi connectivity index (χ1n) is 7.65. The van der Waals surface area contributed by atoms with E-state index in [2.05, 4.69) is 18.9 Å². The van der Waals surface area contributed by atoms with Gasteiger partial charge in [0, 0.05) is 25.8 Å². The molecule has 0 spiro atoms. The Balaban J connectivity index is 1.93. The average molecular weight is 254 g/mol. The van der Waals surface area contributed by atoms with Crippen LogP contribution in [0.5, 0.6) is 0 Å². The molecule has 0 radical (unpaired) electrons. The Bertz CT molecular complexity index is 251. The van der Waals surface area contributed by atoms with Crippen LogP contribution in [0.25, 0.3) is 0 Å². The quantitative estimate of drug-likeness (QED) is 0.836. The third kappa shape index (κ3) is 3.25. The fourth-order valence-corrected chi connectivity index (χ4v) is 3.83. The molecule has 2 aliphatic rings. The molecule has 0 bridgehead atoms. The molecule has 3 nitrogen and oxygen atoms in total. The maximum atomic E-state index is 6.07. The Morgan fingerprint density at radius 3 is 2.50 bits per heavy atom. The summed E-state index contributed by atoms with van der Waals surface area (Å²) in [5.74, 6) is 0.846. The van der Waals surface area contributed by atoms with Gasteiger partial charge in [-0.15, -0.1) is 0 Å². The highest BCUT2D eigenvalue weighted by atomic mass is 16.5. The highest BCUT2D eigenvalue weighted by Gasteiger charge is 2.35. The maximum absolute atomic E-state index is 6.07. The van der Waals surface area contributed by atoms with Gasteiger partial charge in [0.15, 0.2) is 0 Å². The summed E-state index contributed by atoms with van der Waals surface area (Å²) in [6.45, 7) is 6.17. The van der Waals surface area contributed by atoms with E-state index in [0.717, 1.165) is 51.1 Å². The summed E-state index contributed by atoms with van der Waals surface area (Å²) in [4.78, 5) is 2.60. The van der Waals surface area contributed by atoms with Crippen molar-refractivity contribution in [2.45, 2.75) is 51.5 Å². The average Bonchev–Trinajstić information content (AvgIpc) is 2.40. The molecule has 0 aromatic carbocycles. The van der Waals surface area contributed by atoms with Gasteiger partial charge in [-0.2, -0.15) is 0 Å². The van der Waals surface area contributed by atoms with E-state index in [9.17, 15) is 0 Å². The van der Waals surface area contributed by atoms with E-state index in [0.29, 0.717) is 5.41 Å². The van der Waals surface area contributed by atoms with Crippen molar-refractivity contribution in [1.82, 2.24) is 4.90 Å². The van der Waals surface area contributed by atoms with E-state index in [-0.39, 0.29) is 0 Å². The Kier molecular flexibility index (Phi) is 5.05. The van der Waals surface area contributed by atoms with E-state index in [1.165, 1.54) is 25.7 Å². The first-order valence-corrected chi connectivity index (χ1v) is 7.65. The summed E-state index contributed by atoms with van der Waals surface area (Å²) >= 11 is 0. The fourth-order valence-electron chi connectivity index (χ4n) is 3.83. The Labute approximate surface area is 112 Å².